The number of rotatable bonds is 9. The molecule has 152 valence electrons. The van der Waals surface area contributed by atoms with Crippen LogP contribution in [0.3, 0.4) is 0 Å². The average Bonchev–Trinajstić information content (AvgIpc) is 2.66. The lowest BCUT2D eigenvalue weighted by Crippen LogP contribution is -2.47. The number of halogens is 1. The fraction of sp³-hybridized carbons (Fsp3) is 0.350. The summed E-state index contributed by atoms with van der Waals surface area (Å²) >= 11 is 1.52. The van der Waals surface area contributed by atoms with Gasteiger partial charge in [-0.2, -0.15) is 16.5 Å². The number of thioether (sulfide) groups is 1. The standard InChI is InChI=1S/C20H25FN2O3S2/c1-14-8-9-15(2)19(12-14)28(25,26)23-18(10-11-27-3)20(24)22-13-16-6-4-5-7-17(16)21/h4-9,12,18,23H,10-11,13H2,1-3H3,(H,22,24). The van der Waals surface area contributed by atoms with Crippen molar-refractivity contribution in [2.24, 2.45) is 0 Å². The Morgan fingerprint density at radius 1 is 1.18 bits per heavy atom. The van der Waals surface area contributed by atoms with E-state index < -0.39 is 27.8 Å². The van der Waals surface area contributed by atoms with Gasteiger partial charge in [0.15, 0.2) is 0 Å². The Balaban J connectivity index is 2.16. The van der Waals surface area contributed by atoms with Gasteiger partial charge >= 0.3 is 0 Å². The lowest BCUT2D eigenvalue weighted by atomic mass is 10.2. The van der Waals surface area contributed by atoms with Gasteiger partial charge in [0.25, 0.3) is 0 Å². The maximum Gasteiger partial charge on any atom is 0.241 e. The van der Waals surface area contributed by atoms with Crippen molar-refractivity contribution in [1.29, 1.82) is 0 Å². The molecule has 28 heavy (non-hydrogen) atoms. The van der Waals surface area contributed by atoms with E-state index in [9.17, 15) is 17.6 Å². The van der Waals surface area contributed by atoms with Crippen molar-refractivity contribution < 1.29 is 17.6 Å². The van der Waals surface area contributed by atoms with Crippen LogP contribution >= 0.6 is 11.8 Å². The Hall–Kier alpha value is -1.90. The number of sulfonamides is 1. The van der Waals surface area contributed by atoms with E-state index in [4.69, 9.17) is 0 Å². The topological polar surface area (TPSA) is 75.3 Å². The molecule has 8 heteroatoms. The molecule has 0 aliphatic rings. The normalized spacial score (nSPS) is 12.6. The van der Waals surface area contributed by atoms with Crippen LogP contribution in [0.5, 0.6) is 0 Å². The SMILES string of the molecule is CSCCC(NS(=O)(=O)c1cc(C)ccc1C)C(=O)NCc1ccccc1F. The molecule has 1 amide bonds. The molecule has 2 N–H and O–H groups in total. The van der Waals surface area contributed by atoms with Gasteiger partial charge < -0.3 is 5.32 Å². The molecular formula is C20H25FN2O3S2. The van der Waals surface area contributed by atoms with Crippen LogP contribution in [0.25, 0.3) is 0 Å². The molecule has 1 unspecified atom stereocenters. The molecule has 2 aromatic rings. The Bertz CT molecular complexity index is 933. The summed E-state index contributed by atoms with van der Waals surface area (Å²) in [4.78, 5) is 12.8. The highest BCUT2D eigenvalue weighted by atomic mass is 32.2. The van der Waals surface area contributed by atoms with Crippen LogP contribution in [0.2, 0.25) is 0 Å². The van der Waals surface area contributed by atoms with E-state index in [2.05, 4.69) is 10.0 Å². The van der Waals surface area contributed by atoms with Crippen molar-refractivity contribution in [1.82, 2.24) is 10.0 Å². The third-order valence-electron chi connectivity index (χ3n) is 4.27. The van der Waals surface area contributed by atoms with E-state index >= 15 is 0 Å². The molecular weight excluding hydrogens is 399 g/mol. The van der Waals surface area contributed by atoms with Gasteiger partial charge in [-0.1, -0.05) is 30.3 Å². The smallest absolute Gasteiger partial charge is 0.241 e. The van der Waals surface area contributed by atoms with Gasteiger partial charge in [-0.3, -0.25) is 4.79 Å². The molecule has 5 nitrogen and oxygen atoms in total. The molecule has 0 heterocycles. The highest BCUT2D eigenvalue weighted by Gasteiger charge is 2.26. The van der Waals surface area contributed by atoms with Gasteiger partial charge in [0.1, 0.15) is 11.9 Å². The summed E-state index contributed by atoms with van der Waals surface area (Å²) in [7, 11) is -3.87. The number of carbonyl (C=O) groups is 1. The van der Waals surface area contributed by atoms with E-state index in [-0.39, 0.29) is 11.4 Å². The third kappa shape index (κ3) is 6.05. The van der Waals surface area contributed by atoms with E-state index in [0.717, 1.165) is 5.56 Å². The molecule has 0 aromatic heterocycles. The number of hydrogen-bond donors (Lipinski definition) is 2. The summed E-state index contributed by atoms with van der Waals surface area (Å²) in [5.41, 5.74) is 1.76. The van der Waals surface area contributed by atoms with Crippen LogP contribution in [-0.2, 0) is 21.4 Å². The van der Waals surface area contributed by atoms with Crippen molar-refractivity contribution >= 4 is 27.7 Å². The van der Waals surface area contributed by atoms with E-state index in [1.807, 2.05) is 19.2 Å². The van der Waals surface area contributed by atoms with Crippen LogP contribution in [0.4, 0.5) is 4.39 Å². The highest BCUT2D eigenvalue weighted by molar-refractivity contribution is 7.98. The Morgan fingerprint density at radius 3 is 2.57 bits per heavy atom. The summed E-state index contributed by atoms with van der Waals surface area (Å²) in [6.45, 7) is 3.51. The summed E-state index contributed by atoms with van der Waals surface area (Å²) in [6, 6.07) is 10.4. The van der Waals surface area contributed by atoms with Gasteiger partial charge in [0.2, 0.25) is 15.9 Å². The van der Waals surface area contributed by atoms with Crippen LogP contribution in [0.1, 0.15) is 23.1 Å². The van der Waals surface area contributed by atoms with E-state index in [1.54, 1.807) is 37.3 Å². The van der Waals surface area contributed by atoms with Crippen molar-refractivity contribution in [3.8, 4) is 0 Å². The van der Waals surface area contributed by atoms with Gasteiger partial charge in [-0.15, -0.1) is 0 Å². The monoisotopic (exact) mass is 424 g/mol. The number of benzene rings is 2. The summed E-state index contributed by atoms with van der Waals surface area (Å²) in [5.74, 6) is -0.293. The minimum Gasteiger partial charge on any atom is -0.351 e. The van der Waals surface area contributed by atoms with Crippen molar-refractivity contribution in [3.05, 3.63) is 65.0 Å². The first kappa shape index (κ1) is 22.4. The zero-order valence-electron chi connectivity index (χ0n) is 16.2. The second-order valence-corrected chi connectivity index (χ2v) is 9.20. The predicted molar refractivity (Wildman–Crippen MR) is 111 cm³/mol. The molecule has 1 atom stereocenters. The lowest BCUT2D eigenvalue weighted by Gasteiger charge is -2.19. The first-order valence-electron chi connectivity index (χ1n) is 8.84. The molecule has 0 fully saturated rings. The largest absolute Gasteiger partial charge is 0.351 e. The van der Waals surface area contributed by atoms with Gasteiger partial charge in [0, 0.05) is 12.1 Å². The number of carbonyl (C=O) groups excluding carboxylic acids is 1. The van der Waals surface area contributed by atoms with Crippen LogP contribution in [0, 0.1) is 19.7 Å². The third-order valence-corrected chi connectivity index (χ3v) is 6.53. The second-order valence-electron chi connectivity index (χ2n) is 6.53. The van der Waals surface area contributed by atoms with Crippen molar-refractivity contribution in [2.45, 2.75) is 37.8 Å². The number of hydrogen-bond acceptors (Lipinski definition) is 4. The molecule has 2 rings (SSSR count). The molecule has 0 saturated heterocycles. The maximum absolute atomic E-state index is 13.8. The fourth-order valence-corrected chi connectivity index (χ4v) is 4.70. The first-order valence-corrected chi connectivity index (χ1v) is 11.7. The van der Waals surface area contributed by atoms with Crippen LogP contribution in [-0.4, -0.2) is 32.4 Å². The highest BCUT2D eigenvalue weighted by Crippen LogP contribution is 2.18. The Kier molecular flexibility index (Phi) is 8.03. The molecule has 0 bridgehead atoms. The predicted octanol–water partition coefficient (Wildman–Crippen LogP) is 3.16. The molecule has 0 radical (unpaired) electrons. The lowest BCUT2D eigenvalue weighted by molar-refractivity contribution is -0.122. The van der Waals surface area contributed by atoms with Gasteiger partial charge in [-0.05, 0) is 55.5 Å². The van der Waals surface area contributed by atoms with Crippen LogP contribution < -0.4 is 10.0 Å². The zero-order valence-corrected chi connectivity index (χ0v) is 17.8. The summed E-state index contributed by atoms with van der Waals surface area (Å²) in [5, 5.41) is 2.63. The molecule has 0 aliphatic carbocycles. The van der Waals surface area contributed by atoms with E-state index in [1.165, 1.54) is 17.8 Å². The summed E-state index contributed by atoms with van der Waals surface area (Å²) < 4.78 is 42.0. The molecule has 0 spiro atoms. The quantitative estimate of drug-likeness (QED) is 0.648. The van der Waals surface area contributed by atoms with Gasteiger partial charge in [0.05, 0.1) is 4.90 Å². The number of amides is 1. The van der Waals surface area contributed by atoms with Crippen molar-refractivity contribution in [2.75, 3.05) is 12.0 Å². The zero-order chi connectivity index (χ0) is 20.7. The summed E-state index contributed by atoms with van der Waals surface area (Å²) in [6.07, 6.45) is 2.21. The Morgan fingerprint density at radius 2 is 1.89 bits per heavy atom. The van der Waals surface area contributed by atoms with Crippen LogP contribution in [0.15, 0.2) is 47.4 Å². The van der Waals surface area contributed by atoms with E-state index in [0.29, 0.717) is 23.3 Å². The maximum atomic E-state index is 13.8. The fourth-order valence-electron chi connectivity index (χ4n) is 2.67. The molecule has 0 aliphatic heterocycles. The number of aryl methyl sites for hydroxylation is 2. The second kappa shape index (κ2) is 10.0. The van der Waals surface area contributed by atoms with Gasteiger partial charge in [-0.25, -0.2) is 12.8 Å². The minimum absolute atomic E-state index is 0.00747. The molecule has 2 aromatic carbocycles. The van der Waals surface area contributed by atoms with Crippen molar-refractivity contribution in [3.63, 3.8) is 0 Å². The Labute approximate surface area is 170 Å². The number of nitrogens with one attached hydrogen (secondary N) is 2. The minimum atomic E-state index is -3.87. The average molecular weight is 425 g/mol. The first-order chi connectivity index (χ1) is 13.2. The molecule has 0 saturated carbocycles.